The van der Waals surface area contributed by atoms with E-state index < -0.39 is 54.1 Å². The van der Waals surface area contributed by atoms with Crippen molar-refractivity contribution < 1.29 is 95.8 Å². The number of nitrogens with zero attached hydrogens (tertiary/aromatic N) is 3. The van der Waals surface area contributed by atoms with Crippen molar-refractivity contribution in [3.63, 3.8) is 0 Å². The van der Waals surface area contributed by atoms with Crippen LogP contribution in [-0.2, 0) is 49.8 Å². The number of aromatic nitrogens is 6. The Morgan fingerprint density at radius 2 is 0.745 bits per heavy atom. The number of hydrogen-bond donors (Lipinski definition) is 6. The van der Waals surface area contributed by atoms with E-state index in [-0.39, 0.29) is 40.3 Å². The van der Waals surface area contributed by atoms with Gasteiger partial charge in [-0.25, -0.2) is 15.0 Å². The van der Waals surface area contributed by atoms with Gasteiger partial charge in [0.05, 0.1) is 109 Å². The molecule has 55 heavy (non-hydrogen) atoms. The quantitative estimate of drug-likeness (QED) is 0.0612. The number of H-pyrrole nitrogens is 3. The molecule has 0 aliphatic heterocycles. The summed E-state index contributed by atoms with van der Waals surface area (Å²) in [4.78, 5) is 77.9. The summed E-state index contributed by atoms with van der Waals surface area (Å²) in [7, 11) is 0. The minimum absolute atomic E-state index is 0. The second-order valence-electron chi connectivity index (χ2n) is 9.85. The second kappa shape index (κ2) is 36.6. The molecule has 0 bridgehead atoms. The van der Waals surface area contributed by atoms with Gasteiger partial charge in [0.25, 0.3) is 0 Å². The summed E-state index contributed by atoms with van der Waals surface area (Å²) >= 11 is 0. The fraction of sp³-hybridized carbons (Fsp3) is 0.364. The molecule has 0 amide bonds. The summed E-state index contributed by atoms with van der Waals surface area (Å²) in [6.07, 6.45) is 14.9. The molecule has 0 saturated carbocycles. The van der Waals surface area contributed by atoms with Gasteiger partial charge in [0.1, 0.15) is 0 Å². The predicted molar refractivity (Wildman–Crippen MR) is 176 cm³/mol. The van der Waals surface area contributed by atoms with Crippen LogP contribution in [0.1, 0.15) is 76.4 Å². The van der Waals surface area contributed by atoms with Gasteiger partial charge in [-0.1, -0.05) is 40.0 Å². The Bertz CT molecular complexity index is 1350. The molecule has 3 rings (SSSR count). The number of aliphatic carboxylic acids is 6. The zero-order valence-electron chi connectivity index (χ0n) is 29.9. The minimum atomic E-state index is -1.38. The molecule has 6 N–H and O–H groups in total. The fourth-order valence-electron chi connectivity index (χ4n) is 2.72. The predicted octanol–water partition coefficient (Wildman–Crippen LogP) is -5.79. The van der Waals surface area contributed by atoms with Gasteiger partial charge in [-0.05, 0) is 55.7 Å². The van der Waals surface area contributed by atoms with Gasteiger partial charge in [0, 0.05) is 21.1 Å². The van der Waals surface area contributed by atoms with Crippen LogP contribution in [0.2, 0.25) is 0 Å². The van der Waals surface area contributed by atoms with Crippen molar-refractivity contribution in [1.29, 1.82) is 0 Å². The molecule has 3 heterocycles. The van der Waals surface area contributed by atoms with Crippen molar-refractivity contribution in [1.82, 2.24) is 29.9 Å². The monoisotopic (exact) mass is 860 g/mol. The minimum Gasteiger partial charge on any atom is -0.547 e. The van der Waals surface area contributed by atoms with Crippen LogP contribution in [0.3, 0.4) is 0 Å². The molecular weight excluding hydrogens is 816 g/mol. The molecule has 0 spiro atoms. The Morgan fingerprint density at radius 1 is 0.527 bits per heavy atom. The first-order valence-corrected chi connectivity index (χ1v) is 15.7. The largest absolute Gasteiger partial charge is 0.547 e. The van der Waals surface area contributed by atoms with E-state index in [9.17, 15) is 59.4 Å². The van der Waals surface area contributed by atoms with Gasteiger partial charge in [-0.3, -0.25) is 0 Å². The number of carbonyl (C=O) groups is 6. The molecule has 0 fully saturated rings. The second-order valence-corrected chi connectivity index (χ2v) is 9.85. The molecule has 0 saturated heterocycles. The maximum absolute atomic E-state index is 9.86. The van der Waals surface area contributed by atoms with E-state index in [1.54, 1.807) is 20.8 Å². The van der Waals surface area contributed by atoms with Crippen LogP contribution in [0.5, 0.6) is 0 Å². The molecular formula is C33H42MoN6O15-6. The summed E-state index contributed by atoms with van der Waals surface area (Å²) < 4.78 is 0. The number of aliphatic hydroxyl groups is 3. The van der Waals surface area contributed by atoms with E-state index in [1.165, 1.54) is 55.8 Å². The van der Waals surface area contributed by atoms with Crippen molar-refractivity contribution in [2.45, 2.75) is 77.6 Å². The molecule has 0 aliphatic rings. The van der Waals surface area contributed by atoms with Crippen LogP contribution in [0.15, 0.2) is 55.8 Å². The third-order valence-corrected chi connectivity index (χ3v) is 5.26. The Balaban J connectivity index is -0.000000284. The van der Waals surface area contributed by atoms with E-state index in [4.69, 9.17) is 15.3 Å². The van der Waals surface area contributed by atoms with Gasteiger partial charge in [0.2, 0.25) is 0 Å². The molecule has 3 aromatic heterocycles. The van der Waals surface area contributed by atoms with Gasteiger partial charge >= 0.3 is 0 Å². The first-order chi connectivity index (χ1) is 25.4. The smallest absolute Gasteiger partial charge is 0.0933 e. The zero-order chi connectivity index (χ0) is 41.9. The van der Waals surface area contributed by atoms with Crippen LogP contribution < -0.4 is 30.6 Å². The number of aliphatic hydroxyl groups excluding tert-OH is 3. The topological polar surface area (TPSA) is 388 Å². The summed E-state index contributed by atoms with van der Waals surface area (Å²) in [5.41, 5.74) is 1.93. The SMILES string of the molecule is CCCC(O)C(=O)[O-].CCCC(O)C(=O)[O-].CCCC(O)C(=O)[O-].O=C([O-])C=Cc1cnc[nH]1.O=C([O-])C=Cc1cnc[nH]1.O=C([O-])C=Cc1cnc[nH]1.[Mo]. The number of nitrogens with one attached hydrogen (secondary N) is 3. The zero-order valence-corrected chi connectivity index (χ0v) is 31.9. The van der Waals surface area contributed by atoms with Crippen LogP contribution in [-0.4, -0.2) is 99.4 Å². The van der Waals surface area contributed by atoms with Crippen molar-refractivity contribution >= 4 is 54.0 Å². The average Bonchev–Trinajstić information content (AvgIpc) is 3.92. The van der Waals surface area contributed by atoms with Crippen molar-refractivity contribution in [2.24, 2.45) is 0 Å². The van der Waals surface area contributed by atoms with Gasteiger partial charge in [0.15, 0.2) is 0 Å². The first-order valence-electron chi connectivity index (χ1n) is 15.7. The molecule has 21 nitrogen and oxygen atoms in total. The summed E-state index contributed by atoms with van der Waals surface area (Å²) in [6, 6.07) is 0. The molecule has 22 heteroatoms. The van der Waals surface area contributed by atoms with Crippen molar-refractivity contribution in [3.05, 3.63) is 72.9 Å². The van der Waals surface area contributed by atoms with E-state index >= 15 is 0 Å². The Hall–Kier alpha value is -5.76. The van der Waals surface area contributed by atoms with E-state index in [0.717, 1.165) is 18.2 Å². The molecule has 306 valence electrons. The Kier molecular flexibility index (Phi) is 37.2. The molecule has 0 aromatic carbocycles. The number of hydrogen-bond acceptors (Lipinski definition) is 18. The third-order valence-electron chi connectivity index (χ3n) is 5.26. The van der Waals surface area contributed by atoms with Crippen molar-refractivity contribution in [2.75, 3.05) is 0 Å². The number of imidazole rings is 3. The maximum Gasteiger partial charge on any atom is 0.0933 e. The Labute approximate surface area is 329 Å². The number of carboxylic acids is 6. The summed E-state index contributed by atoms with van der Waals surface area (Å²) in [5.74, 6) is -7.79. The molecule has 0 radical (unpaired) electrons. The number of carboxylic acid groups (broad SMARTS) is 6. The number of carbonyl (C=O) groups excluding carboxylic acids is 6. The van der Waals surface area contributed by atoms with Gasteiger partial charge in [-0.2, -0.15) is 0 Å². The van der Waals surface area contributed by atoms with Crippen LogP contribution in [0, 0.1) is 0 Å². The van der Waals surface area contributed by atoms with E-state index in [2.05, 4.69) is 29.9 Å². The number of rotatable bonds is 15. The van der Waals surface area contributed by atoms with Crippen LogP contribution >= 0.6 is 0 Å². The van der Waals surface area contributed by atoms with Crippen LogP contribution in [0.25, 0.3) is 18.2 Å². The van der Waals surface area contributed by atoms with E-state index in [0.29, 0.717) is 36.3 Å². The first kappa shape index (κ1) is 56.0. The normalized spacial score (nSPS) is 11.5. The molecule has 3 atom stereocenters. The van der Waals surface area contributed by atoms with Gasteiger partial charge in [-0.15, -0.1) is 0 Å². The summed E-state index contributed by atoms with van der Waals surface area (Å²) in [6.45, 7) is 5.39. The number of aromatic amines is 3. The standard InChI is InChI=1S/3C6H6N2O2.3C5H10O3.Mo/c3*9-6(10)2-1-5-3-7-4-8-5;3*1-2-3-4(6)5(7)8;/h3*1-4H,(H,7,8)(H,9,10);3*4,6H,2-3H2,1H3,(H,7,8);/p-6. The summed E-state index contributed by atoms with van der Waals surface area (Å²) in [5, 5.41) is 84.2. The van der Waals surface area contributed by atoms with Crippen LogP contribution in [0.4, 0.5) is 0 Å². The fourth-order valence-corrected chi connectivity index (χ4v) is 2.72. The van der Waals surface area contributed by atoms with Gasteiger partial charge < -0.3 is 89.7 Å². The van der Waals surface area contributed by atoms with E-state index in [1.807, 2.05) is 0 Å². The average molecular weight is 859 g/mol. The molecule has 3 aromatic rings. The maximum atomic E-state index is 9.86. The third kappa shape index (κ3) is 39.3. The molecule has 3 unspecified atom stereocenters. The van der Waals surface area contributed by atoms with Crippen molar-refractivity contribution in [3.8, 4) is 0 Å². The Morgan fingerprint density at radius 3 is 0.855 bits per heavy atom. The molecule has 0 aliphatic carbocycles.